The van der Waals surface area contributed by atoms with Crippen LogP contribution in [0.2, 0.25) is 18.1 Å². The molecule has 0 bridgehead atoms. The smallest absolute Gasteiger partial charge is 0.192 e. The maximum absolute atomic E-state index is 6.44. The summed E-state index contributed by atoms with van der Waals surface area (Å²) >= 11 is 0. The second kappa shape index (κ2) is 5.19. The van der Waals surface area contributed by atoms with Crippen molar-refractivity contribution in [2.24, 2.45) is 0 Å². The van der Waals surface area contributed by atoms with Gasteiger partial charge in [-0.25, -0.2) is 0 Å². The molecule has 0 spiro atoms. The number of nitrogens with zero attached hydrogens (tertiary/aromatic N) is 1. The maximum atomic E-state index is 6.44. The molecule has 2 nitrogen and oxygen atoms in total. The van der Waals surface area contributed by atoms with E-state index < -0.39 is 8.32 Å². The van der Waals surface area contributed by atoms with E-state index >= 15 is 0 Å². The predicted molar refractivity (Wildman–Crippen MR) is 73.4 cm³/mol. The van der Waals surface area contributed by atoms with Crippen LogP contribution in [0.1, 0.15) is 40.5 Å². The summed E-state index contributed by atoms with van der Waals surface area (Å²) in [5.74, 6) is 0. The first-order valence-electron chi connectivity index (χ1n) is 6.66. The predicted octanol–water partition coefficient (Wildman–Crippen LogP) is 3.49. The maximum Gasteiger partial charge on any atom is 0.192 e. The Morgan fingerprint density at radius 1 is 1.31 bits per heavy atom. The van der Waals surface area contributed by atoms with Crippen LogP contribution in [0.5, 0.6) is 0 Å². The van der Waals surface area contributed by atoms with Gasteiger partial charge in [0.05, 0.1) is 6.10 Å². The van der Waals surface area contributed by atoms with Crippen molar-refractivity contribution in [3.05, 3.63) is 0 Å². The average Bonchev–Trinajstić information content (AvgIpc) is 2.50. The highest BCUT2D eigenvalue weighted by molar-refractivity contribution is 6.74. The molecule has 1 rings (SSSR count). The number of rotatable bonds is 4. The van der Waals surface area contributed by atoms with Crippen LogP contribution in [0.25, 0.3) is 0 Å². The van der Waals surface area contributed by atoms with E-state index in [0.717, 1.165) is 6.54 Å². The highest BCUT2D eigenvalue weighted by Gasteiger charge is 2.40. The largest absolute Gasteiger partial charge is 0.413 e. The molecule has 0 saturated carbocycles. The molecule has 1 fully saturated rings. The van der Waals surface area contributed by atoms with Crippen molar-refractivity contribution in [2.75, 3.05) is 19.6 Å². The fourth-order valence-electron chi connectivity index (χ4n) is 2.01. The fourth-order valence-corrected chi connectivity index (χ4v) is 3.39. The molecule has 0 N–H and O–H groups in total. The SMILES string of the molecule is CCCN1CCC(O[Si](C)(C)C(C)(C)C)C1. The molecule has 1 saturated heterocycles. The van der Waals surface area contributed by atoms with Crippen LogP contribution in [-0.2, 0) is 4.43 Å². The normalized spacial score (nSPS) is 24.0. The lowest BCUT2D eigenvalue weighted by Gasteiger charge is -2.38. The van der Waals surface area contributed by atoms with Crippen molar-refractivity contribution in [1.82, 2.24) is 4.90 Å². The van der Waals surface area contributed by atoms with Crippen LogP contribution in [0.3, 0.4) is 0 Å². The minimum absolute atomic E-state index is 0.338. The van der Waals surface area contributed by atoms with Crippen molar-refractivity contribution in [3.63, 3.8) is 0 Å². The standard InChI is InChI=1S/C13H29NOSi/c1-7-9-14-10-8-12(11-14)15-16(5,6)13(2,3)4/h12H,7-11H2,1-6H3. The van der Waals surface area contributed by atoms with Gasteiger partial charge in [-0.2, -0.15) is 0 Å². The van der Waals surface area contributed by atoms with Gasteiger partial charge in [-0.3, -0.25) is 0 Å². The van der Waals surface area contributed by atoms with E-state index in [1.165, 1.54) is 25.9 Å². The summed E-state index contributed by atoms with van der Waals surface area (Å²) in [5.41, 5.74) is 0. The second-order valence-corrected chi connectivity index (χ2v) is 11.3. The van der Waals surface area contributed by atoms with Crippen molar-refractivity contribution >= 4 is 8.32 Å². The summed E-state index contributed by atoms with van der Waals surface area (Å²) in [6.07, 6.45) is 2.98. The molecule has 0 amide bonds. The molecule has 0 radical (unpaired) electrons. The average molecular weight is 243 g/mol. The second-order valence-electron chi connectivity index (χ2n) is 6.59. The third-order valence-electron chi connectivity index (χ3n) is 4.04. The van der Waals surface area contributed by atoms with E-state index in [0.29, 0.717) is 11.1 Å². The van der Waals surface area contributed by atoms with Crippen molar-refractivity contribution in [2.45, 2.75) is 64.8 Å². The first-order chi connectivity index (χ1) is 7.26. The molecular formula is C13H29NOSi. The van der Waals surface area contributed by atoms with Crippen LogP contribution in [0.15, 0.2) is 0 Å². The van der Waals surface area contributed by atoms with Gasteiger partial charge in [-0.1, -0.05) is 27.7 Å². The summed E-state index contributed by atoms with van der Waals surface area (Å²) in [5, 5.41) is 0.338. The van der Waals surface area contributed by atoms with Gasteiger partial charge in [0.1, 0.15) is 0 Å². The van der Waals surface area contributed by atoms with Crippen LogP contribution in [0, 0.1) is 0 Å². The minimum Gasteiger partial charge on any atom is -0.413 e. The highest BCUT2D eigenvalue weighted by Crippen LogP contribution is 2.38. The van der Waals surface area contributed by atoms with Gasteiger partial charge in [0, 0.05) is 13.1 Å². The Balaban J connectivity index is 2.45. The topological polar surface area (TPSA) is 12.5 Å². The fraction of sp³-hybridized carbons (Fsp3) is 1.00. The minimum atomic E-state index is -1.55. The monoisotopic (exact) mass is 243 g/mol. The van der Waals surface area contributed by atoms with Gasteiger partial charge < -0.3 is 9.33 Å². The van der Waals surface area contributed by atoms with Crippen molar-refractivity contribution in [3.8, 4) is 0 Å². The lowest BCUT2D eigenvalue weighted by molar-refractivity contribution is 0.181. The molecule has 1 heterocycles. The van der Waals surface area contributed by atoms with E-state index in [2.05, 4.69) is 45.7 Å². The van der Waals surface area contributed by atoms with Crippen LogP contribution >= 0.6 is 0 Å². The third-order valence-corrected chi connectivity index (χ3v) is 8.57. The Kier molecular flexibility index (Phi) is 4.61. The molecule has 1 unspecified atom stereocenters. The van der Waals surface area contributed by atoms with Crippen LogP contribution in [-0.4, -0.2) is 39.0 Å². The van der Waals surface area contributed by atoms with Crippen molar-refractivity contribution < 1.29 is 4.43 Å². The Labute approximate surface area is 102 Å². The number of hydrogen-bond donors (Lipinski definition) is 0. The van der Waals surface area contributed by atoms with Gasteiger partial charge in [0.15, 0.2) is 8.32 Å². The number of likely N-dealkylation sites (tertiary alicyclic amines) is 1. The molecular weight excluding hydrogens is 214 g/mol. The van der Waals surface area contributed by atoms with Crippen LogP contribution in [0.4, 0.5) is 0 Å². The van der Waals surface area contributed by atoms with Gasteiger partial charge in [0.2, 0.25) is 0 Å². The number of hydrogen-bond acceptors (Lipinski definition) is 2. The van der Waals surface area contributed by atoms with E-state index in [1.807, 2.05) is 0 Å². The van der Waals surface area contributed by atoms with Gasteiger partial charge in [0.25, 0.3) is 0 Å². The lowest BCUT2D eigenvalue weighted by Crippen LogP contribution is -2.44. The Hall–Kier alpha value is 0.137. The zero-order valence-corrected chi connectivity index (χ0v) is 13.0. The van der Waals surface area contributed by atoms with Gasteiger partial charge >= 0.3 is 0 Å². The van der Waals surface area contributed by atoms with Crippen LogP contribution < -0.4 is 0 Å². The zero-order chi connectivity index (χ0) is 12.4. The molecule has 0 aromatic heterocycles. The summed E-state index contributed by atoms with van der Waals surface area (Å²) in [6.45, 7) is 17.5. The van der Waals surface area contributed by atoms with E-state index in [-0.39, 0.29) is 0 Å². The molecule has 0 aromatic rings. The molecule has 16 heavy (non-hydrogen) atoms. The molecule has 1 aliphatic heterocycles. The lowest BCUT2D eigenvalue weighted by atomic mass is 10.2. The molecule has 1 aliphatic rings. The van der Waals surface area contributed by atoms with E-state index in [4.69, 9.17) is 4.43 Å². The molecule has 1 atom stereocenters. The Morgan fingerprint density at radius 3 is 2.44 bits per heavy atom. The summed E-state index contributed by atoms with van der Waals surface area (Å²) in [7, 11) is -1.55. The van der Waals surface area contributed by atoms with E-state index in [9.17, 15) is 0 Å². The summed E-state index contributed by atoms with van der Waals surface area (Å²) in [6, 6.07) is 0. The summed E-state index contributed by atoms with van der Waals surface area (Å²) in [4.78, 5) is 2.54. The van der Waals surface area contributed by atoms with Crippen molar-refractivity contribution in [1.29, 1.82) is 0 Å². The van der Waals surface area contributed by atoms with Gasteiger partial charge in [-0.05, 0) is 37.5 Å². The highest BCUT2D eigenvalue weighted by atomic mass is 28.4. The molecule has 96 valence electrons. The molecule has 0 aliphatic carbocycles. The first kappa shape index (κ1) is 14.2. The first-order valence-corrected chi connectivity index (χ1v) is 9.57. The summed E-state index contributed by atoms with van der Waals surface area (Å²) < 4.78 is 6.44. The third kappa shape index (κ3) is 3.57. The zero-order valence-electron chi connectivity index (χ0n) is 12.0. The Morgan fingerprint density at radius 2 is 1.94 bits per heavy atom. The van der Waals surface area contributed by atoms with E-state index in [1.54, 1.807) is 0 Å². The quantitative estimate of drug-likeness (QED) is 0.701. The Bertz CT molecular complexity index is 222. The molecule has 3 heteroatoms. The molecule has 0 aromatic carbocycles. The van der Waals surface area contributed by atoms with Gasteiger partial charge in [-0.15, -0.1) is 0 Å².